The minimum atomic E-state index is -0.175. The van der Waals surface area contributed by atoms with E-state index < -0.39 is 0 Å². The van der Waals surface area contributed by atoms with Gasteiger partial charge in [0.15, 0.2) is 5.69 Å². The zero-order chi connectivity index (χ0) is 15.0. The van der Waals surface area contributed by atoms with Crippen molar-refractivity contribution in [1.82, 2.24) is 25.2 Å². The lowest BCUT2D eigenvalue weighted by atomic mass is 10.2. The Morgan fingerprint density at radius 1 is 1.50 bits per heavy atom. The zero-order valence-corrected chi connectivity index (χ0v) is 12.7. The molecule has 1 heterocycles. The lowest BCUT2D eigenvalue weighted by molar-refractivity contribution is 0.0947. The van der Waals surface area contributed by atoms with Crippen molar-refractivity contribution >= 4 is 5.91 Å². The van der Waals surface area contributed by atoms with E-state index in [1.807, 2.05) is 0 Å². The number of hydrogen-bond acceptors (Lipinski definition) is 5. The van der Waals surface area contributed by atoms with Crippen molar-refractivity contribution in [3.8, 4) is 0 Å². The Morgan fingerprint density at radius 3 is 2.90 bits per heavy atom. The fraction of sp³-hybridized carbons (Fsp3) is 0.769. The summed E-state index contributed by atoms with van der Waals surface area (Å²) in [5.41, 5.74) is 5.76. The number of hydrogen-bond donors (Lipinski definition) is 2. The molecule has 0 saturated carbocycles. The predicted molar refractivity (Wildman–Crippen MR) is 78.4 cm³/mol. The van der Waals surface area contributed by atoms with E-state index in [1.54, 1.807) is 10.9 Å². The molecule has 7 nitrogen and oxygen atoms in total. The first-order valence-electron chi connectivity index (χ1n) is 7.13. The zero-order valence-electron chi connectivity index (χ0n) is 12.7. The maximum atomic E-state index is 11.8. The first-order valence-corrected chi connectivity index (χ1v) is 7.13. The van der Waals surface area contributed by atoms with Crippen LogP contribution in [0.15, 0.2) is 6.20 Å². The molecular formula is C13H26N6O. The third-order valence-electron chi connectivity index (χ3n) is 3.23. The van der Waals surface area contributed by atoms with Gasteiger partial charge >= 0.3 is 0 Å². The average Bonchev–Trinajstić information content (AvgIpc) is 2.87. The maximum absolute atomic E-state index is 11.8. The third kappa shape index (κ3) is 5.66. The minimum Gasteiger partial charge on any atom is -0.351 e. The largest absolute Gasteiger partial charge is 0.351 e. The molecule has 20 heavy (non-hydrogen) atoms. The summed E-state index contributed by atoms with van der Waals surface area (Å²) in [6.45, 7) is 7.10. The van der Waals surface area contributed by atoms with Gasteiger partial charge in [-0.3, -0.25) is 9.48 Å². The Kier molecular flexibility index (Phi) is 7.17. The first-order chi connectivity index (χ1) is 9.54. The SMILES string of the molecule is CC(C)N(C)CCCCNC(=O)c1cn(CCN)nn1. The van der Waals surface area contributed by atoms with E-state index in [1.165, 1.54) is 0 Å². The molecule has 3 N–H and O–H groups in total. The van der Waals surface area contributed by atoms with Gasteiger partial charge in [0.2, 0.25) is 0 Å². The molecule has 1 aromatic rings. The Bertz CT molecular complexity index is 403. The molecule has 0 spiro atoms. The molecule has 1 aromatic heterocycles. The first kappa shape index (κ1) is 16.6. The summed E-state index contributed by atoms with van der Waals surface area (Å²) >= 11 is 0. The van der Waals surface area contributed by atoms with E-state index >= 15 is 0 Å². The molecule has 0 aliphatic heterocycles. The topological polar surface area (TPSA) is 89.1 Å². The number of rotatable bonds is 9. The highest BCUT2D eigenvalue weighted by atomic mass is 16.2. The summed E-state index contributed by atoms with van der Waals surface area (Å²) in [5.74, 6) is -0.175. The van der Waals surface area contributed by atoms with Crippen molar-refractivity contribution in [2.75, 3.05) is 26.7 Å². The van der Waals surface area contributed by atoms with Crippen LogP contribution >= 0.6 is 0 Å². The van der Waals surface area contributed by atoms with Crippen molar-refractivity contribution in [2.24, 2.45) is 5.73 Å². The monoisotopic (exact) mass is 282 g/mol. The molecule has 114 valence electrons. The van der Waals surface area contributed by atoms with E-state index in [-0.39, 0.29) is 5.91 Å². The predicted octanol–water partition coefficient (Wildman–Crippen LogP) is 0.0870. The van der Waals surface area contributed by atoms with Crippen LogP contribution in [0.25, 0.3) is 0 Å². The fourth-order valence-corrected chi connectivity index (χ4v) is 1.68. The molecule has 0 unspecified atom stereocenters. The van der Waals surface area contributed by atoms with E-state index in [9.17, 15) is 4.79 Å². The van der Waals surface area contributed by atoms with Gasteiger partial charge in [-0.25, -0.2) is 0 Å². The third-order valence-corrected chi connectivity index (χ3v) is 3.23. The summed E-state index contributed by atoms with van der Waals surface area (Å²) in [5, 5.41) is 10.5. The van der Waals surface area contributed by atoms with Crippen LogP contribution in [0.3, 0.4) is 0 Å². The second-order valence-corrected chi connectivity index (χ2v) is 5.19. The molecule has 0 radical (unpaired) electrons. The Balaban J connectivity index is 2.19. The quantitative estimate of drug-likeness (QED) is 0.626. The molecular weight excluding hydrogens is 256 g/mol. The molecule has 0 bridgehead atoms. The van der Waals surface area contributed by atoms with Gasteiger partial charge in [0.25, 0.3) is 5.91 Å². The van der Waals surface area contributed by atoms with Gasteiger partial charge in [-0.15, -0.1) is 5.10 Å². The van der Waals surface area contributed by atoms with Crippen LogP contribution in [0, 0.1) is 0 Å². The molecule has 0 aliphatic rings. The molecule has 0 fully saturated rings. The summed E-state index contributed by atoms with van der Waals surface area (Å²) in [6.07, 6.45) is 3.64. The summed E-state index contributed by atoms with van der Waals surface area (Å²) in [6, 6.07) is 0.558. The maximum Gasteiger partial charge on any atom is 0.273 e. The van der Waals surface area contributed by atoms with E-state index in [0.717, 1.165) is 19.4 Å². The molecule has 1 rings (SSSR count). The molecule has 0 saturated heterocycles. The van der Waals surface area contributed by atoms with Crippen LogP contribution in [-0.2, 0) is 6.54 Å². The smallest absolute Gasteiger partial charge is 0.273 e. The highest BCUT2D eigenvalue weighted by Crippen LogP contribution is 1.98. The number of nitrogens with zero attached hydrogens (tertiary/aromatic N) is 4. The standard InChI is InChI=1S/C13H26N6O/c1-11(2)18(3)8-5-4-7-15-13(20)12-10-19(9-6-14)17-16-12/h10-11H,4-9,14H2,1-3H3,(H,15,20). The van der Waals surface area contributed by atoms with Crippen LogP contribution in [0.4, 0.5) is 0 Å². The lowest BCUT2D eigenvalue weighted by Crippen LogP contribution is -2.29. The summed E-state index contributed by atoms with van der Waals surface area (Å²) < 4.78 is 1.58. The highest BCUT2D eigenvalue weighted by Gasteiger charge is 2.09. The number of amides is 1. The Hall–Kier alpha value is -1.47. The van der Waals surface area contributed by atoms with Crippen molar-refractivity contribution in [3.63, 3.8) is 0 Å². The van der Waals surface area contributed by atoms with E-state index in [4.69, 9.17) is 5.73 Å². The van der Waals surface area contributed by atoms with Gasteiger partial charge in [-0.2, -0.15) is 0 Å². The van der Waals surface area contributed by atoms with Crippen molar-refractivity contribution in [2.45, 2.75) is 39.3 Å². The van der Waals surface area contributed by atoms with Gasteiger partial charge < -0.3 is 16.0 Å². The number of aromatic nitrogens is 3. The Labute approximate surface area is 120 Å². The highest BCUT2D eigenvalue weighted by molar-refractivity contribution is 5.91. The second-order valence-electron chi connectivity index (χ2n) is 5.19. The van der Waals surface area contributed by atoms with Gasteiger partial charge in [-0.05, 0) is 40.3 Å². The molecule has 7 heteroatoms. The number of carbonyl (C=O) groups excluding carboxylic acids is 1. The molecule has 0 aliphatic carbocycles. The second kappa shape index (κ2) is 8.65. The normalized spacial score (nSPS) is 11.3. The molecule has 0 atom stereocenters. The van der Waals surface area contributed by atoms with Crippen LogP contribution in [-0.4, -0.2) is 58.5 Å². The van der Waals surface area contributed by atoms with Crippen LogP contribution in [0.5, 0.6) is 0 Å². The van der Waals surface area contributed by atoms with Crippen molar-refractivity contribution in [3.05, 3.63) is 11.9 Å². The number of unbranched alkanes of at least 4 members (excludes halogenated alkanes) is 1. The Morgan fingerprint density at radius 2 is 2.25 bits per heavy atom. The van der Waals surface area contributed by atoms with Crippen LogP contribution < -0.4 is 11.1 Å². The van der Waals surface area contributed by atoms with E-state index in [2.05, 4.69) is 41.4 Å². The molecule has 1 amide bonds. The van der Waals surface area contributed by atoms with Crippen molar-refractivity contribution in [1.29, 1.82) is 0 Å². The van der Waals surface area contributed by atoms with Gasteiger partial charge in [0.1, 0.15) is 0 Å². The van der Waals surface area contributed by atoms with Crippen LogP contribution in [0.2, 0.25) is 0 Å². The molecule has 0 aromatic carbocycles. The number of nitrogens with one attached hydrogen (secondary N) is 1. The minimum absolute atomic E-state index is 0.175. The number of carbonyl (C=O) groups is 1. The van der Waals surface area contributed by atoms with Crippen molar-refractivity contribution < 1.29 is 4.79 Å². The van der Waals surface area contributed by atoms with Gasteiger partial charge in [0, 0.05) is 19.1 Å². The summed E-state index contributed by atoms with van der Waals surface area (Å²) in [7, 11) is 2.11. The summed E-state index contributed by atoms with van der Waals surface area (Å²) in [4.78, 5) is 14.1. The van der Waals surface area contributed by atoms with Crippen LogP contribution in [0.1, 0.15) is 37.2 Å². The lowest BCUT2D eigenvalue weighted by Gasteiger charge is -2.20. The van der Waals surface area contributed by atoms with E-state index in [0.29, 0.717) is 31.4 Å². The average molecular weight is 282 g/mol. The van der Waals surface area contributed by atoms with Gasteiger partial charge in [0.05, 0.1) is 12.7 Å². The fourth-order valence-electron chi connectivity index (χ4n) is 1.68. The number of nitrogens with two attached hydrogens (primary N) is 1. The van der Waals surface area contributed by atoms with Gasteiger partial charge in [-0.1, -0.05) is 5.21 Å².